The topological polar surface area (TPSA) is 61.9 Å². The van der Waals surface area contributed by atoms with Crippen LogP contribution >= 0.6 is 0 Å². The summed E-state index contributed by atoms with van der Waals surface area (Å²) < 4.78 is 5.00. The molecule has 1 N–H and O–H groups in total. The summed E-state index contributed by atoms with van der Waals surface area (Å²) in [6.07, 6.45) is 0.542. The van der Waals surface area contributed by atoms with E-state index in [1.54, 1.807) is 4.90 Å². The van der Waals surface area contributed by atoms with Crippen molar-refractivity contribution in [1.82, 2.24) is 0 Å². The zero-order valence-corrected chi connectivity index (χ0v) is 15.5. The van der Waals surface area contributed by atoms with E-state index in [9.17, 15) is 9.59 Å². The number of ether oxygens (including phenoxy) is 1. The monoisotopic (exact) mass is 365 g/mol. The van der Waals surface area contributed by atoms with Gasteiger partial charge in [-0.15, -0.1) is 0 Å². The number of nitrogens with zero attached hydrogens (tertiary/aromatic N) is 2. The van der Waals surface area contributed by atoms with Crippen molar-refractivity contribution < 1.29 is 14.3 Å². The number of hydrogen-bond donors (Lipinski definition) is 1. The van der Waals surface area contributed by atoms with E-state index in [2.05, 4.69) is 18.3 Å². The summed E-state index contributed by atoms with van der Waals surface area (Å²) in [5.74, 6) is 0.0402. The summed E-state index contributed by atoms with van der Waals surface area (Å²) in [6, 6.07) is 15.3. The fourth-order valence-electron chi connectivity index (χ4n) is 3.81. The van der Waals surface area contributed by atoms with Gasteiger partial charge in [0, 0.05) is 23.1 Å². The molecule has 0 radical (unpaired) electrons. The van der Waals surface area contributed by atoms with Gasteiger partial charge in [0.15, 0.2) is 0 Å². The number of benzene rings is 2. The lowest BCUT2D eigenvalue weighted by Crippen LogP contribution is -2.44. The van der Waals surface area contributed by atoms with Crippen molar-refractivity contribution in [3.63, 3.8) is 0 Å². The van der Waals surface area contributed by atoms with Gasteiger partial charge in [0.05, 0.1) is 6.54 Å². The third kappa shape index (κ3) is 3.23. The third-order valence-corrected chi connectivity index (χ3v) is 5.12. The number of amides is 2. The molecular weight excluding hydrogens is 342 g/mol. The van der Waals surface area contributed by atoms with Crippen LogP contribution in [-0.2, 0) is 16.0 Å². The molecular formula is C21H23N3O3. The van der Waals surface area contributed by atoms with Crippen LogP contribution in [0.4, 0.5) is 21.9 Å². The minimum Gasteiger partial charge on any atom is -0.447 e. The Labute approximate surface area is 158 Å². The minimum atomic E-state index is -0.389. The van der Waals surface area contributed by atoms with Crippen LogP contribution < -0.4 is 15.1 Å². The SMILES string of the molecule is CC(Nc1cccc(N2CCOC2=O)c1)C(=O)N1c2ccccc2CC1C. The Morgan fingerprint density at radius 1 is 1.22 bits per heavy atom. The summed E-state index contributed by atoms with van der Waals surface area (Å²) >= 11 is 0. The van der Waals surface area contributed by atoms with Crippen molar-refractivity contribution in [2.24, 2.45) is 0 Å². The van der Waals surface area contributed by atoms with E-state index in [-0.39, 0.29) is 24.1 Å². The third-order valence-electron chi connectivity index (χ3n) is 5.12. The number of fused-ring (bicyclic) bond motifs is 1. The van der Waals surface area contributed by atoms with Crippen LogP contribution in [0.5, 0.6) is 0 Å². The smallest absolute Gasteiger partial charge is 0.414 e. The van der Waals surface area contributed by atoms with Crippen molar-refractivity contribution >= 4 is 29.1 Å². The number of rotatable bonds is 4. The van der Waals surface area contributed by atoms with Crippen molar-refractivity contribution in [2.45, 2.75) is 32.4 Å². The summed E-state index contributed by atoms with van der Waals surface area (Å²) in [7, 11) is 0. The second kappa shape index (κ2) is 6.95. The molecule has 2 unspecified atom stereocenters. The van der Waals surface area contributed by atoms with E-state index >= 15 is 0 Å². The molecule has 0 aliphatic carbocycles. The van der Waals surface area contributed by atoms with E-state index in [1.807, 2.05) is 54.3 Å². The predicted octanol–water partition coefficient (Wildman–Crippen LogP) is 3.42. The molecule has 0 spiro atoms. The van der Waals surface area contributed by atoms with E-state index < -0.39 is 0 Å². The molecule has 1 saturated heterocycles. The Kier molecular flexibility index (Phi) is 4.48. The van der Waals surface area contributed by atoms with Crippen molar-refractivity contribution in [3.05, 3.63) is 54.1 Å². The van der Waals surface area contributed by atoms with E-state index in [1.165, 1.54) is 5.56 Å². The van der Waals surface area contributed by atoms with Crippen LogP contribution in [0.1, 0.15) is 19.4 Å². The Morgan fingerprint density at radius 3 is 2.81 bits per heavy atom. The predicted molar refractivity (Wildman–Crippen MR) is 105 cm³/mol. The molecule has 2 aliphatic rings. The number of anilines is 3. The number of hydrogen-bond acceptors (Lipinski definition) is 4. The van der Waals surface area contributed by atoms with Gasteiger partial charge >= 0.3 is 6.09 Å². The number of nitrogens with one attached hydrogen (secondary N) is 1. The first-order valence-corrected chi connectivity index (χ1v) is 9.26. The zero-order chi connectivity index (χ0) is 19.0. The van der Waals surface area contributed by atoms with Gasteiger partial charge in [0.1, 0.15) is 12.6 Å². The first-order chi connectivity index (χ1) is 13.0. The molecule has 2 atom stereocenters. The quantitative estimate of drug-likeness (QED) is 0.902. The molecule has 2 aliphatic heterocycles. The molecule has 4 rings (SSSR count). The molecule has 1 fully saturated rings. The molecule has 2 aromatic carbocycles. The molecule has 2 aromatic rings. The molecule has 140 valence electrons. The van der Waals surface area contributed by atoms with Gasteiger partial charge in [-0.05, 0) is 50.1 Å². The highest BCUT2D eigenvalue weighted by atomic mass is 16.6. The van der Waals surface area contributed by atoms with Gasteiger partial charge in [-0.1, -0.05) is 24.3 Å². The molecule has 6 heteroatoms. The van der Waals surface area contributed by atoms with E-state index in [0.717, 1.165) is 23.5 Å². The summed E-state index contributed by atoms with van der Waals surface area (Å²) in [4.78, 5) is 28.3. The second-order valence-corrected chi connectivity index (χ2v) is 7.07. The lowest BCUT2D eigenvalue weighted by atomic mass is 10.1. The van der Waals surface area contributed by atoms with Crippen LogP contribution in [0.3, 0.4) is 0 Å². The number of carbonyl (C=O) groups excluding carboxylic acids is 2. The molecule has 2 heterocycles. The van der Waals surface area contributed by atoms with Crippen LogP contribution in [-0.4, -0.2) is 37.2 Å². The number of para-hydroxylation sites is 1. The average molecular weight is 365 g/mol. The standard InChI is InChI=1S/C21H23N3O3/c1-14-12-16-6-3-4-9-19(16)24(14)20(25)15(2)22-17-7-5-8-18(13-17)23-10-11-27-21(23)26/h3-9,13-15,22H,10-12H2,1-2H3. The number of carbonyl (C=O) groups is 2. The Balaban J connectivity index is 1.50. The van der Waals surface area contributed by atoms with Crippen LogP contribution in [0.25, 0.3) is 0 Å². The highest BCUT2D eigenvalue weighted by Gasteiger charge is 2.33. The minimum absolute atomic E-state index is 0.0402. The van der Waals surface area contributed by atoms with Gasteiger partial charge in [-0.2, -0.15) is 0 Å². The molecule has 27 heavy (non-hydrogen) atoms. The lowest BCUT2D eigenvalue weighted by Gasteiger charge is -2.27. The van der Waals surface area contributed by atoms with Gasteiger partial charge < -0.3 is 15.0 Å². The molecule has 0 saturated carbocycles. The van der Waals surface area contributed by atoms with E-state index in [0.29, 0.717) is 13.2 Å². The second-order valence-electron chi connectivity index (χ2n) is 7.07. The van der Waals surface area contributed by atoms with Crippen molar-refractivity contribution in [1.29, 1.82) is 0 Å². The fraction of sp³-hybridized carbons (Fsp3) is 0.333. The van der Waals surface area contributed by atoms with Gasteiger partial charge in [0.2, 0.25) is 5.91 Å². The summed E-state index contributed by atoms with van der Waals surface area (Å²) in [6.45, 7) is 4.88. The van der Waals surface area contributed by atoms with E-state index in [4.69, 9.17) is 4.74 Å². The maximum atomic E-state index is 13.1. The first kappa shape index (κ1) is 17.4. The Morgan fingerprint density at radius 2 is 2.04 bits per heavy atom. The van der Waals surface area contributed by atoms with Gasteiger partial charge in [-0.25, -0.2) is 4.79 Å². The Hall–Kier alpha value is -3.02. The maximum absolute atomic E-state index is 13.1. The molecule has 6 nitrogen and oxygen atoms in total. The van der Waals surface area contributed by atoms with Crippen LogP contribution in [0.2, 0.25) is 0 Å². The average Bonchev–Trinajstić information content (AvgIpc) is 3.23. The molecule has 0 bridgehead atoms. The highest BCUT2D eigenvalue weighted by Crippen LogP contribution is 2.32. The first-order valence-electron chi connectivity index (χ1n) is 9.26. The highest BCUT2D eigenvalue weighted by molar-refractivity contribution is 6.01. The van der Waals surface area contributed by atoms with Gasteiger partial charge in [-0.3, -0.25) is 9.69 Å². The van der Waals surface area contributed by atoms with Crippen molar-refractivity contribution in [3.8, 4) is 0 Å². The largest absolute Gasteiger partial charge is 0.447 e. The molecule has 2 amide bonds. The normalized spacial score (nSPS) is 19.6. The lowest BCUT2D eigenvalue weighted by molar-refractivity contribution is -0.119. The van der Waals surface area contributed by atoms with Crippen molar-refractivity contribution in [2.75, 3.05) is 28.3 Å². The fourth-order valence-corrected chi connectivity index (χ4v) is 3.81. The molecule has 0 aromatic heterocycles. The summed E-state index contributed by atoms with van der Waals surface area (Å²) in [5, 5.41) is 3.28. The van der Waals surface area contributed by atoms with Gasteiger partial charge in [0.25, 0.3) is 0 Å². The maximum Gasteiger partial charge on any atom is 0.414 e. The van der Waals surface area contributed by atoms with Crippen LogP contribution in [0, 0.1) is 0 Å². The Bertz CT molecular complexity index is 882. The van der Waals surface area contributed by atoms with Crippen LogP contribution in [0.15, 0.2) is 48.5 Å². The zero-order valence-electron chi connectivity index (χ0n) is 15.5. The summed E-state index contributed by atoms with van der Waals surface area (Å²) in [5.41, 5.74) is 3.77. The number of cyclic esters (lactones) is 1.